The first-order valence-electron chi connectivity index (χ1n) is 26.0. The second-order valence-electron chi connectivity index (χ2n) is 18.6. The minimum absolute atomic E-state index is 0.0236. The smallest absolute Gasteiger partial charge is 0.305 e. The maximum absolute atomic E-state index is 12.5. The van der Waals surface area contributed by atoms with Crippen LogP contribution in [0, 0.1) is 11.8 Å². The molecule has 6 nitrogen and oxygen atoms in total. The number of hydrogen-bond donors (Lipinski definition) is 1. The van der Waals surface area contributed by atoms with E-state index in [0.29, 0.717) is 43.9 Å². The Kier molecular flexibility index (Phi) is 44.5. The Hall–Kier alpha value is -1.14. The molecule has 0 rings (SSSR count). The molecule has 0 aromatic carbocycles. The SMILES string of the molecule is CCCCCCC(CCCCCC)COC(=O)CCCCCCCCC(CCCCCCCCC(=O)OCC(CCCCCC)CCCCCC)NCCCN(C)C. The van der Waals surface area contributed by atoms with Gasteiger partial charge in [-0.15, -0.1) is 0 Å². The molecule has 6 heteroatoms. The van der Waals surface area contributed by atoms with E-state index in [9.17, 15) is 9.59 Å². The van der Waals surface area contributed by atoms with Crippen molar-refractivity contribution in [2.24, 2.45) is 11.8 Å². The number of rotatable bonds is 47. The van der Waals surface area contributed by atoms with Gasteiger partial charge in [0.1, 0.15) is 0 Å². The molecule has 0 saturated carbocycles. The van der Waals surface area contributed by atoms with Crippen molar-refractivity contribution < 1.29 is 19.1 Å². The predicted octanol–water partition coefficient (Wildman–Crippen LogP) is 15.3. The van der Waals surface area contributed by atoms with Gasteiger partial charge in [-0.1, -0.05) is 195 Å². The minimum Gasteiger partial charge on any atom is -0.465 e. The van der Waals surface area contributed by atoms with Gasteiger partial charge in [-0.2, -0.15) is 0 Å². The van der Waals surface area contributed by atoms with Gasteiger partial charge in [-0.3, -0.25) is 9.59 Å². The normalized spacial score (nSPS) is 11.8. The highest BCUT2D eigenvalue weighted by Crippen LogP contribution is 2.22. The van der Waals surface area contributed by atoms with Crippen molar-refractivity contribution in [3.63, 3.8) is 0 Å². The first-order chi connectivity index (χ1) is 28.4. The third-order valence-corrected chi connectivity index (χ3v) is 12.4. The molecule has 0 radical (unpaired) electrons. The molecule has 1 N–H and O–H groups in total. The summed E-state index contributed by atoms with van der Waals surface area (Å²) in [7, 11) is 4.32. The standard InChI is InChI=1S/C52H104N2O4/c1-7-11-15-27-36-48(37-28-16-12-8-2)46-57-51(55)42-33-25-21-19-23-31-40-50(53-44-35-45-54(5)6)41-32-24-20-22-26-34-43-52(56)58-47-49(38-29-17-13-9-3)39-30-18-14-10-4/h48-50,53H,7-47H2,1-6H3. The quantitative estimate of drug-likeness (QED) is 0.0487. The van der Waals surface area contributed by atoms with Crippen LogP contribution in [0.25, 0.3) is 0 Å². The zero-order valence-corrected chi connectivity index (χ0v) is 40.3. The number of hydrogen-bond acceptors (Lipinski definition) is 6. The minimum atomic E-state index is 0.0236. The molecule has 0 atom stereocenters. The molecule has 346 valence electrons. The average molecular weight is 821 g/mol. The highest BCUT2D eigenvalue weighted by Gasteiger charge is 2.14. The largest absolute Gasteiger partial charge is 0.465 e. The van der Waals surface area contributed by atoms with Crippen LogP contribution in [0.4, 0.5) is 0 Å². The third-order valence-electron chi connectivity index (χ3n) is 12.4. The van der Waals surface area contributed by atoms with E-state index in [1.54, 1.807) is 0 Å². The van der Waals surface area contributed by atoms with Crippen LogP contribution >= 0.6 is 0 Å². The number of nitrogens with zero attached hydrogens (tertiary/aromatic N) is 1. The maximum atomic E-state index is 12.5. The van der Waals surface area contributed by atoms with Crippen LogP contribution in [0.15, 0.2) is 0 Å². The molecule has 0 aliphatic heterocycles. The lowest BCUT2D eigenvalue weighted by Gasteiger charge is -2.20. The zero-order valence-electron chi connectivity index (χ0n) is 40.3. The first-order valence-corrected chi connectivity index (χ1v) is 26.0. The fraction of sp³-hybridized carbons (Fsp3) is 0.962. The Labute approximate surface area is 363 Å². The van der Waals surface area contributed by atoms with E-state index >= 15 is 0 Å². The van der Waals surface area contributed by atoms with Crippen molar-refractivity contribution in [1.82, 2.24) is 10.2 Å². The highest BCUT2D eigenvalue weighted by molar-refractivity contribution is 5.69. The fourth-order valence-electron chi connectivity index (χ4n) is 8.41. The molecule has 0 bridgehead atoms. The third kappa shape index (κ3) is 41.6. The second kappa shape index (κ2) is 45.4. The molecule has 0 aliphatic carbocycles. The van der Waals surface area contributed by atoms with E-state index in [-0.39, 0.29) is 11.9 Å². The summed E-state index contributed by atoms with van der Waals surface area (Å²) in [5.74, 6) is 1.15. The second-order valence-corrected chi connectivity index (χ2v) is 18.6. The van der Waals surface area contributed by atoms with Gasteiger partial charge in [0.2, 0.25) is 0 Å². The summed E-state index contributed by atoms with van der Waals surface area (Å²) < 4.78 is 11.6. The topological polar surface area (TPSA) is 67.9 Å². The summed E-state index contributed by atoms with van der Waals surface area (Å²) in [5.41, 5.74) is 0. The van der Waals surface area contributed by atoms with Crippen LogP contribution in [0.1, 0.15) is 265 Å². The Morgan fingerprint density at radius 1 is 0.414 bits per heavy atom. The van der Waals surface area contributed by atoms with E-state index in [2.05, 4.69) is 52.0 Å². The molecule has 0 saturated heterocycles. The summed E-state index contributed by atoms with van der Waals surface area (Å²) >= 11 is 0. The number of unbranched alkanes of at least 4 members (excludes halogenated alkanes) is 22. The predicted molar refractivity (Wildman–Crippen MR) is 253 cm³/mol. The molecular weight excluding hydrogens is 717 g/mol. The van der Waals surface area contributed by atoms with Gasteiger partial charge in [-0.25, -0.2) is 0 Å². The molecular formula is C52H104N2O4. The van der Waals surface area contributed by atoms with Gasteiger partial charge in [0, 0.05) is 18.9 Å². The van der Waals surface area contributed by atoms with Crippen LogP contribution in [-0.2, 0) is 19.1 Å². The Bertz CT molecular complexity index is 767. The fourth-order valence-corrected chi connectivity index (χ4v) is 8.41. The van der Waals surface area contributed by atoms with Gasteiger partial charge >= 0.3 is 11.9 Å². The number of carbonyl (C=O) groups is 2. The van der Waals surface area contributed by atoms with Crippen LogP contribution in [-0.4, -0.2) is 63.3 Å². The maximum Gasteiger partial charge on any atom is 0.305 e. The monoisotopic (exact) mass is 821 g/mol. The van der Waals surface area contributed by atoms with Crippen molar-refractivity contribution in [3.8, 4) is 0 Å². The van der Waals surface area contributed by atoms with Gasteiger partial charge in [0.05, 0.1) is 13.2 Å². The lowest BCUT2D eigenvalue weighted by molar-refractivity contribution is -0.146. The van der Waals surface area contributed by atoms with Crippen LogP contribution < -0.4 is 5.32 Å². The zero-order chi connectivity index (χ0) is 42.6. The number of esters is 2. The van der Waals surface area contributed by atoms with Crippen molar-refractivity contribution in [3.05, 3.63) is 0 Å². The lowest BCUT2D eigenvalue weighted by Crippen LogP contribution is -2.31. The average Bonchev–Trinajstić information content (AvgIpc) is 3.21. The molecule has 0 aromatic heterocycles. The molecule has 58 heavy (non-hydrogen) atoms. The Morgan fingerprint density at radius 2 is 0.724 bits per heavy atom. The lowest BCUT2D eigenvalue weighted by atomic mass is 9.95. The summed E-state index contributed by atoms with van der Waals surface area (Å²) in [6.07, 6.45) is 44.8. The van der Waals surface area contributed by atoms with Gasteiger partial charge in [0.15, 0.2) is 0 Å². The number of ether oxygens (including phenoxy) is 2. The summed E-state index contributed by atoms with van der Waals surface area (Å²) in [6, 6.07) is 0.621. The van der Waals surface area contributed by atoms with E-state index in [1.807, 2.05) is 0 Å². The van der Waals surface area contributed by atoms with Gasteiger partial charge < -0.3 is 19.7 Å². The van der Waals surface area contributed by atoms with Crippen molar-refractivity contribution in [1.29, 1.82) is 0 Å². The van der Waals surface area contributed by atoms with Crippen LogP contribution in [0.5, 0.6) is 0 Å². The Morgan fingerprint density at radius 3 is 1.07 bits per heavy atom. The first kappa shape index (κ1) is 56.9. The molecule has 0 unspecified atom stereocenters. The van der Waals surface area contributed by atoms with E-state index in [0.717, 1.165) is 38.8 Å². The molecule has 0 heterocycles. The van der Waals surface area contributed by atoms with E-state index < -0.39 is 0 Å². The summed E-state index contributed by atoms with van der Waals surface area (Å²) in [5, 5.41) is 3.90. The summed E-state index contributed by atoms with van der Waals surface area (Å²) in [4.78, 5) is 27.3. The number of carbonyl (C=O) groups excluding carboxylic acids is 2. The summed E-state index contributed by atoms with van der Waals surface area (Å²) in [6.45, 7) is 12.6. The van der Waals surface area contributed by atoms with Crippen molar-refractivity contribution >= 4 is 11.9 Å². The number of nitrogens with one attached hydrogen (secondary N) is 1. The van der Waals surface area contributed by atoms with Gasteiger partial charge in [0.25, 0.3) is 0 Å². The van der Waals surface area contributed by atoms with E-state index in [4.69, 9.17) is 9.47 Å². The molecule has 0 fully saturated rings. The van der Waals surface area contributed by atoms with Crippen molar-refractivity contribution in [2.45, 2.75) is 271 Å². The molecule has 0 amide bonds. The van der Waals surface area contributed by atoms with Crippen molar-refractivity contribution in [2.75, 3.05) is 40.4 Å². The van der Waals surface area contributed by atoms with E-state index in [1.165, 1.54) is 199 Å². The highest BCUT2D eigenvalue weighted by atomic mass is 16.5. The Balaban J connectivity index is 4.23. The van der Waals surface area contributed by atoms with Crippen LogP contribution in [0.3, 0.4) is 0 Å². The molecule has 0 aliphatic rings. The molecule has 0 spiro atoms. The van der Waals surface area contributed by atoms with Gasteiger partial charge in [-0.05, 0) is 96.8 Å². The molecule has 0 aromatic rings. The van der Waals surface area contributed by atoms with Crippen LogP contribution in [0.2, 0.25) is 0 Å².